The number of ether oxygens (including phenoxy) is 1. The molecule has 0 saturated heterocycles. The largest absolute Gasteiger partial charge is 0.494 e. The second kappa shape index (κ2) is 8.94. The summed E-state index contributed by atoms with van der Waals surface area (Å²) in [6.07, 6.45) is 3.14. The molecule has 0 aromatic heterocycles. The number of rotatable bonds is 9. The van der Waals surface area contributed by atoms with Gasteiger partial charge in [-0.2, -0.15) is 0 Å². The average molecular weight is 265 g/mol. The molecule has 0 saturated carbocycles. The van der Waals surface area contributed by atoms with Crippen molar-refractivity contribution < 1.29 is 9.84 Å². The number of aliphatic hydroxyl groups is 1. The number of hydrogen-bond donors (Lipinski definition) is 2. The second-order valence-corrected chi connectivity index (χ2v) is 4.90. The summed E-state index contributed by atoms with van der Waals surface area (Å²) in [4.78, 5) is 0. The van der Waals surface area contributed by atoms with E-state index in [4.69, 9.17) is 4.74 Å². The highest BCUT2D eigenvalue weighted by molar-refractivity contribution is 5.29. The second-order valence-electron chi connectivity index (χ2n) is 4.90. The maximum Gasteiger partial charge on any atom is 0.119 e. The Morgan fingerprint density at radius 2 is 1.84 bits per heavy atom. The molecule has 2 N–H and O–H groups in total. The normalized spacial score (nSPS) is 14.1. The van der Waals surface area contributed by atoms with E-state index in [1.807, 2.05) is 38.1 Å². The van der Waals surface area contributed by atoms with E-state index in [0.29, 0.717) is 6.61 Å². The molecule has 3 nitrogen and oxygen atoms in total. The zero-order valence-electron chi connectivity index (χ0n) is 12.4. The highest BCUT2D eigenvalue weighted by Crippen LogP contribution is 2.20. The molecule has 1 aromatic carbocycles. The van der Waals surface area contributed by atoms with Crippen molar-refractivity contribution in [1.29, 1.82) is 0 Å². The molecule has 0 fully saturated rings. The molecule has 108 valence electrons. The van der Waals surface area contributed by atoms with Gasteiger partial charge < -0.3 is 15.2 Å². The molecule has 0 spiro atoms. The summed E-state index contributed by atoms with van der Waals surface area (Å²) in [5.41, 5.74) is 0.930. The maximum atomic E-state index is 10.3. The molecular formula is C16H27NO2. The van der Waals surface area contributed by atoms with Gasteiger partial charge in [-0.3, -0.25) is 0 Å². The van der Waals surface area contributed by atoms with Crippen molar-refractivity contribution in [3.05, 3.63) is 29.8 Å². The summed E-state index contributed by atoms with van der Waals surface area (Å²) in [5.74, 6) is 0.849. The summed E-state index contributed by atoms with van der Waals surface area (Å²) < 4.78 is 5.40. The van der Waals surface area contributed by atoms with Gasteiger partial charge in [-0.25, -0.2) is 0 Å². The van der Waals surface area contributed by atoms with Crippen LogP contribution in [0.5, 0.6) is 5.75 Å². The number of nitrogens with one attached hydrogen (secondary N) is 1. The molecule has 2 unspecified atom stereocenters. The highest BCUT2D eigenvalue weighted by atomic mass is 16.5. The molecule has 0 aliphatic carbocycles. The summed E-state index contributed by atoms with van der Waals surface area (Å²) in [7, 11) is 0. The van der Waals surface area contributed by atoms with Crippen LogP contribution in [0.25, 0.3) is 0 Å². The lowest BCUT2D eigenvalue weighted by Crippen LogP contribution is -2.32. The molecule has 19 heavy (non-hydrogen) atoms. The third-order valence-electron chi connectivity index (χ3n) is 3.25. The quantitative estimate of drug-likeness (QED) is 0.673. The molecule has 2 atom stereocenters. The summed E-state index contributed by atoms with van der Waals surface area (Å²) >= 11 is 0. The third kappa shape index (κ3) is 5.62. The maximum absolute atomic E-state index is 10.3. The zero-order valence-corrected chi connectivity index (χ0v) is 12.4. The minimum atomic E-state index is -0.475. The van der Waals surface area contributed by atoms with Crippen molar-refractivity contribution in [3.8, 4) is 5.75 Å². The van der Waals surface area contributed by atoms with Crippen LogP contribution < -0.4 is 10.1 Å². The Morgan fingerprint density at radius 1 is 1.16 bits per heavy atom. The van der Waals surface area contributed by atoms with Crippen LogP contribution in [0.4, 0.5) is 0 Å². The van der Waals surface area contributed by atoms with Gasteiger partial charge in [-0.1, -0.05) is 31.9 Å². The van der Waals surface area contributed by atoms with Crippen LogP contribution in [0.2, 0.25) is 0 Å². The van der Waals surface area contributed by atoms with Crippen LogP contribution in [0.15, 0.2) is 24.3 Å². The molecular weight excluding hydrogens is 238 g/mol. The molecule has 1 rings (SSSR count). The first-order valence-electron chi connectivity index (χ1n) is 7.33. The molecule has 0 heterocycles. The molecule has 0 aliphatic rings. The van der Waals surface area contributed by atoms with Crippen molar-refractivity contribution in [2.75, 3.05) is 13.2 Å². The molecule has 1 aromatic rings. The van der Waals surface area contributed by atoms with Crippen LogP contribution in [0.3, 0.4) is 0 Å². The first-order valence-corrected chi connectivity index (χ1v) is 7.33. The predicted molar refractivity (Wildman–Crippen MR) is 79.6 cm³/mol. The van der Waals surface area contributed by atoms with Crippen molar-refractivity contribution in [2.45, 2.75) is 52.2 Å². The van der Waals surface area contributed by atoms with E-state index in [-0.39, 0.29) is 6.04 Å². The average Bonchev–Trinajstić information content (AvgIpc) is 2.44. The standard InChI is InChI=1S/C16H27NO2/c1-4-6-7-12-17-13(3)16(18)14-8-10-15(11-9-14)19-5-2/h8-11,13,16-18H,4-7,12H2,1-3H3. The topological polar surface area (TPSA) is 41.5 Å². The highest BCUT2D eigenvalue weighted by Gasteiger charge is 2.15. The lowest BCUT2D eigenvalue weighted by molar-refractivity contribution is 0.136. The molecule has 0 bridgehead atoms. The van der Waals surface area contributed by atoms with Crippen molar-refractivity contribution in [3.63, 3.8) is 0 Å². The van der Waals surface area contributed by atoms with Gasteiger partial charge in [0.2, 0.25) is 0 Å². The first-order chi connectivity index (χ1) is 9.19. The van der Waals surface area contributed by atoms with E-state index >= 15 is 0 Å². The van der Waals surface area contributed by atoms with Crippen LogP contribution in [0.1, 0.15) is 51.7 Å². The van der Waals surface area contributed by atoms with Gasteiger partial charge >= 0.3 is 0 Å². The van der Waals surface area contributed by atoms with E-state index in [9.17, 15) is 5.11 Å². The van der Waals surface area contributed by atoms with Crippen molar-refractivity contribution in [2.24, 2.45) is 0 Å². The molecule has 0 aliphatic heterocycles. The lowest BCUT2D eigenvalue weighted by Gasteiger charge is -2.21. The molecule has 3 heteroatoms. The van der Waals surface area contributed by atoms with Gasteiger partial charge in [0, 0.05) is 6.04 Å². The van der Waals surface area contributed by atoms with Gasteiger partial charge in [0.1, 0.15) is 5.75 Å². The predicted octanol–water partition coefficient (Wildman–Crippen LogP) is 3.29. The summed E-state index contributed by atoms with van der Waals surface area (Å²) in [6, 6.07) is 7.74. The molecule has 0 amide bonds. The van der Waals surface area contributed by atoms with Gasteiger partial charge in [0.25, 0.3) is 0 Å². The van der Waals surface area contributed by atoms with Crippen LogP contribution in [0, 0.1) is 0 Å². The number of aliphatic hydroxyl groups excluding tert-OH is 1. The Hall–Kier alpha value is -1.06. The van der Waals surface area contributed by atoms with Gasteiger partial charge in [0.05, 0.1) is 12.7 Å². The Kier molecular flexibility index (Phi) is 7.53. The summed E-state index contributed by atoms with van der Waals surface area (Å²) in [6.45, 7) is 7.80. The Labute approximate surface area is 117 Å². The number of hydrogen-bond acceptors (Lipinski definition) is 3. The van der Waals surface area contributed by atoms with Crippen LogP contribution in [-0.4, -0.2) is 24.3 Å². The van der Waals surface area contributed by atoms with Crippen molar-refractivity contribution in [1.82, 2.24) is 5.32 Å². The fraction of sp³-hybridized carbons (Fsp3) is 0.625. The third-order valence-corrected chi connectivity index (χ3v) is 3.25. The Bertz CT molecular complexity index is 337. The monoisotopic (exact) mass is 265 g/mol. The minimum absolute atomic E-state index is 0.0646. The van der Waals surface area contributed by atoms with Crippen molar-refractivity contribution >= 4 is 0 Å². The Morgan fingerprint density at radius 3 is 2.42 bits per heavy atom. The fourth-order valence-corrected chi connectivity index (χ4v) is 2.03. The van der Waals surface area contributed by atoms with Gasteiger partial charge in [-0.15, -0.1) is 0 Å². The van der Waals surface area contributed by atoms with E-state index < -0.39 is 6.10 Å². The van der Waals surface area contributed by atoms with Crippen LogP contribution in [-0.2, 0) is 0 Å². The van der Waals surface area contributed by atoms with E-state index in [1.54, 1.807) is 0 Å². The number of unbranched alkanes of at least 4 members (excludes halogenated alkanes) is 2. The van der Waals surface area contributed by atoms with Crippen LogP contribution >= 0.6 is 0 Å². The lowest BCUT2D eigenvalue weighted by atomic mass is 10.0. The smallest absolute Gasteiger partial charge is 0.119 e. The van der Waals surface area contributed by atoms with E-state index in [0.717, 1.165) is 24.3 Å². The number of benzene rings is 1. The zero-order chi connectivity index (χ0) is 14.1. The Balaban J connectivity index is 2.44. The molecule has 0 radical (unpaired) electrons. The SMILES string of the molecule is CCCCCNC(C)C(O)c1ccc(OCC)cc1. The minimum Gasteiger partial charge on any atom is -0.494 e. The van der Waals surface area contributed by atoms with Gasteiger partial charge in [0.15, 0.2) is 0 Å². The van der Waals surface area contributed by atoms with Gasteiger partial charge in [-0.05, 0) is 44.5 Å². The first kappa shape index (κ1) is 16.0. The van der Waals surface area contributed by atoms with E-state index in [2.05, 4.69) is 12.2 Å². The summed E-state index contributed by atoms with van der Waals surface area (Å²) in [5, 5.41) is 13.6. The fourth-order valence-electron chi connectivity index (χ4n) is 2.03. The van der Waals surface area contributed by atoms with E-state index in [1.165, 1.54) is 12.8 Å².